The number of hydrogen-bond donors (Lipinski definition) is 0. The summed E-state index contributed by atoms with van der Waals surface area (Å²) in [7, 11) is 0. The summed E-state index contributed by atoms with van der Waals surface area (Å²) in [6.07, 6.45) is 7.29. The van der Waals surface area contributed by atoms with Crippen molar-refractivity contribution in [3.05, 3.63) is 291 Å². The molecule has 6 heteroatoms. The van der Waals surface area contributed by atoms with Gasteiger partial charge in [-0.25, -0.2) is 0 Å². The predicted molar refractivity (Wildman–Crippen MR) is 275 cm³/mol. The maximum atomic E-state index is 4.51. The summed E-state index contributed by atoms with van der Waals surface area (Å²) in [6, 6.07) is 92.0. The summed E-state index contributed by atoms with van der Waals surface area (Å²) in [5.74, 6) is 0. The molecule has 4 aromatic heterocycles. The van der Waals surface area contributed by atoms with Crippen LogP contribution in [-0.2, 0) is 40.2 Å². The Labute approximate surface area is 433 Å². The summed E-state index contributed by atoms with van der Waals surface area (Å²) < 4.78 is 0. The van der Waals surface area contributed by atoms with Crippen molar-refractivity contribution in [3.63, 3.8) is 0 Å². The number of nitrogens with zero attached hydrogens (tertiary/aromatic N) is 4. The molecule has 0 bridgehead atoms. The van der Waals surface area contributed by atoms with Crippen LogP contribution < -0.4 is 0 Å². The topological polar surface area (TPSA) is 51.6 Å². The molecule has 0 saturated heterocycles. The van der Waals surface area contributed by atoms with Crippen LogP contribution in [0.5, 0.6) is 0 Å². The number of aromatic nitrogens is 4. The van der Waals surface area contributed by atoms with Gasteiger partial charge in [-0.1, -0.05) is 145 Å². The summed E-state index contributed by atoms with van der Waals surface area (Å²) in [5, 5.41) is 0. The Morgan fingerprint density at radius 3 is 1.04 bits per heavy atom. The minimum atomic E-state index is 0. The van der Waals surface area contributed by atoms with E-state index in [4.69, 9.17) is 0 Å². The van der Waals surface area contributed by atoms with E-state index in [0.717, 1.165) is 45.0 Å². The Morgan fingerprint density at radius 2 is 0.667 bits per heavy atom. The number of pyridine rings is 4. The van der Waals surface area contributed by atoms with Gasteiger partial charge in [-0.2, -0.15) is 0 Å². The second kappa shape index (κ2) is 27.3. The fourth-order valence-electron chi connectivity index (χ4n) is 6.98. The first-order valence-corrected chi connectivity index (χ1v) is 22.0. The smallest absolute Gasteiger partial charge is 0.0166 e. The molecule has 69 heavy (non-hydrogen) atoms. The first kappa shape index (κ1) is 50.8. The number of hydrogen-bond acceptors (Lipinski definition) is 4. The Bertz CT molecular complexity index is 2980. The van der Waals surface area contributed by atoms with Gasteiger partial charge in [-0.05, 0) is 69.3 Å². The largest absolute Gasteiger partial charge is 0.305 e. The van der Waals surface area contributed by atoms with E-state index < -0.39 is 0 Å². The second-order valence-corrected chi connectivity index (χ2v) is 15.2. The van der Waals surface area contributed by atoms with Crippen LogP contribution in [0.1, 0.15) is 5.56 Å². The summed E-state index contributed by atoms with van der Waals surface area (Å²) in [4.78, 5) is 17.4. The fourth-order valence-corrected chi connectivity index (χ4v) is 6.98. The Balaban J connectivity index is 0.000000156. The van der Waals surface area contributed by atoms with Crippen LogP contribution in [0.25, 0.3) is 78.4 Å². The number of benzene rings is 7. The maximum Gasteiger partial charge on any atom is 0.0166 e. The quantitative estimate of drug-likeness (QED) is 0.149. The van der Waals surface area contributed by atoms with E-state index >= 15 is 0 Å². The predicted octanol–water partition coefficient (Wildman–Crippen LogP) is 15.5. The van der Waals surface area contributed by atoms with Gasteiger partial charge >= 0.3 is 0 Å². The van der Waals surface area contributed by atoms with Gasteiger partial charge in [0, 0.05) is 65.0 Å². The molecule has 0 aliphatic rings. The van der Waals surface area contributed by atoms with Crippen LogP contribution in [0, 0.1) is 31.2 Å². The van der Waals surface area contributed by atoms with Gasteiger partial charge in [-0.3, -0.25) is 0 Å². The van der Waals surface area contributed by atoms with Gasteiger partial charge < -0.3 is 19.9 Å². The molecule has 11 rings (SSSR count). The third kappa shape index (κ3) is 15.2. The Kier molecular flexibility index (Phi) is 20.1. The fraction of sp³-hybridized carbons (Fsp3) is 0.0159. The normalized spacial score (nSPS) is 9.87. The van der Waals surface area contributed by atoms with Gasteiger partial charge in [-0.15, -0.1) is 137 Å². The molecule has 0 atom stereocenters. The van der Waals surface area contributed by atoms with Crippen LogP contribution in [0.15, 0.2) is 261 Å². The van der Waals surface area contributed by atoms with Crippen LogP contribution in [-0.4, -0.2) is 19.9 Å². The van der Waals surface area contributed by atoms with Gasteiger partial charge in [0.05, 0.1) is 0 Å². The van der Waals surface area contributed by atoms with Crippen LogP contribution >= 0.6 is 0 Å². The van der Waals surface area contributed by atoms with Gasteiger partial charge in [0.2, 0.25) is 0 Å². The average molecular weight is 1240 g/mol. The van der Waals surface area contributed by atoms with Crippen LogP contribution in [0.2, 0.25) is 0 Å². The monoisotopic (exact) mass is 1240 g/mol. The molecule has 0 N–H and O–H groups in total. The van der Waals surface area contributed by atoms with Crippen molar-refractivity contribution in [2.24, 2.45) is 0 Å². The third-order valence-electron chi connectivity index (χ3n) is 10.5. The van der Waals surface area contributed by atoms with Crippen LogP contribution in [0.3, 0.4) is 0 Å². The summed E-state index contributed by atoms with van der Waals surface area (Å²) >= 11 is 0. The minimum absolute atomic E-state index is 0. The molecule has 340 valence electrons. The zero-order valence-corrected chi connectivity index (χ0v) is 42.6. The van der Waals surface area contributed by atoms with E-state index in [1.807, 2.05) is 164 Å². The average Bonchev–Trinajstić information content (AvgIpc) is 3.43. The molecule has 0 aliphatic heterocycles. The zero-order chi connectivity index (χ0) is 45.7. The first-order valence-electron chi connectivity index (χ1n) is 22.0. The maximum absolute atomic E-state index is 4.51. The molecule has 0 spiro atoms. The molecule has 0 saturated carbocycles. The van der Waals surface area contributed by atoms with E-state index in [-0.39, 0.29) is 40.2 Å². The van der Waals surface area contributed by atoms with Crippen molar-refractivity contribution < 1.29 is 40.2 Å². The van der Waals surface area contributed by atoms with E-state index in [2.05, 4.69) is 136 Å². The first-order chi connectivity index (χ1) is 33.2. The summed E-state index contributed by atoms with van der Waals surface area (Å²) in [6.45, 7) is 2.06. The Hall–Kier alpha value is -7.56. The van der Waals surface area contributed by atoms with Gasteiger partial charge in [0.1, 0.15) is 0 Å². The Morgan fingerprint density at radius 1 is 0.275 bits per heavy atom. The molecular formula is C63H46Ir2N4-4. The number of rotatable bonds is 7. The molecule has 0 unspecified atom stereocenters. The standard InChI is InChI=1S/C23H16N.C18H14N.2C11H8N.2Ir/c1-3-7-18(8-4-1)20-11-13-21(14-12-20)23-17-22(15-16-24-23)19-9-5-2-6-10-19;1-14-7-9-16(10-8-14)18-13-17(11-12-19-18)15-5-3-2-4-6-15;2*1-2-6-10(7-3-1)11-8-4-5-9-12-11;;/h1-13,15-17H;2-9,11-13H,1H3;2*1-6,8-9H;;/q4*-1;;. The minimum Gasteiger partial charge on any atom is -0.305 e. The molecule has 4 heterocycles. The summed E-state index contributed by atoms with van der Waals surface area (Å²) in [5.41, 5.74) is 16.3. The van der Waals surface area contributed by atoms with Crippen molar-refractivity contribution >= 4 is 0 Å². The van der Waals surface area contributed by atoms with Crippen molar-refractivity contribution in [1.29, 1.82) is 0 Å². The van der Waals surface area contributed by atoms with Crippen LogP contribution in [0.4, 0.5) is 0 Å². The van der Waals surface area contributed by atoms with Crippen molar-refractivity contribution in [2.75, 3.05) is 0 Å². The molecule has 7 aromatic carbocycles. The van der Waals surface area contributed by atoms with E-state index in [1.54, 1.807) is 12.4 Å². The third-order valence-corrected chi connectivity index (χ3v) is 10.5. The van der Waals surface area contributed by atoms with Gasteiger partial charge in [0.25, 0.3) is 0 Å². The molecule has 0 amide bonds. The molecular weight excluding hydrogens is 1200 g/mol. The molecule has 11 aromatic rings. The zero-order valence-electron chi connectivity index (χ0n) is 37.8. The van der Waals surface area contributed by atoms with E-state index in [0.29, 0.717) is 0 Å². The van der Waals surface area contributed by atoms with E-state index in [1.165, 1.54) is 38.9 Å². The SMILES string of the molecule is Cc1c[c-]c(-c2cc(-c3ccccc3)ccn2)cc1.[Ir].[Ir].[c-]1cc(-c2ccccc2)ccc1-c1cc(-c2ccccc2)ccn1.[c-]1ccccc1-c1ccccn1.[c-]1ccccc1-c1ccccn1. The molecule has 0 aliphatic carbocycles. The number of aryl methyl sites for hydroxylation is 1. The van der Waals surface area contributed by atoms with Gasteiger partial charge in [0.15, 0.2) is 0 Å². The van der Waals surface area contributed by atoms with Crippen molar-refractivity contribution in [2.45, 2.75) is 6.92 Å². The molecule has 2 radical (unpaired) electrons. The van der Waals surface area contributed by atoms with E-state index in [9.17, 15) is 0 Å². The van der Waals surface area contributed by atoms with Crippen molar-refractivity contribution in [1.82, 2.24) is 19.9 Å². The molecule has 4 nitrogen and oxygen atoms in total. The second-order valence-electron chi connectivity index (χ2n) is 15.2. The van der Waals surface area contributed by atoms with Crippen molar-refractivity contribution in [3.8, 4) is 78.4 Å². The molecule has 0 fully saturated rings.